The van der Waals surface area contributed by atoms with E-state index in [9.17, 15) is 9.59 Å². The Morgan fingerprint density at radius 3 is 2.58 bits per heavy atom. The Hall–Kier alpha value is -1.16. The number of amides is 1. The van der Waals surface area contributed by atoms with E-state index in [1.165, 1.54) is 18.3 Å². The van der Waals surface area contributed by atoms with Crippen molar-refractivity contribution in [3.8, 4) is 0 Å². The topological polar surface area (TPSA) is 46.2 Å². The molecule has 0 aliphatic carbocycles. The van der Waals surface area contributed by atoms with Crippen LogP contribution in [0.4, 0.5) is 0 Å². The monoisotopic (exact) mass is 183 g/mol. The second-order valence-corrected chi connectivity index (χ2v) is 3.25. The second kappa shape index (κ2) is 3.49. The number of rotatable bonds is 2. The van der Waals surface area contributed by atoms with Crippen molar-refractivity contribution in [1.82, 2.24) is 5.32 Å². The molecule has 1 amide bonds. The van der Waals surface area contributed by atoms with E-state index < -0.39 is 0 Å². The van der Waals surface area contributed by atoms with Gasteiger partial charge in [-0.15, -0.1) is 11.3 Å². The van der Waals surface area contributed by atoms with E-state index in [-0.39, 0.29) is 11.7 Å². The van der Waals surface area contributed by atoms with Gasteiger partial charge in [-0.1, -0.05) is 0 Å². The maximum atomic E-state index is 11.0. The van der Waals surface area contributed by atoms with Crippen LogP contribution in [0.25, 0.3) is 0 Å². The standard InChI is InChI=1S/C8H9NO2S/c1-5(10)7-3-6(4-12-7)8(11)9-2/h3-4H,1-2H3,(H,9,11). The van der Waals surface area contributed by atoms with E-state index in [1.54, 1.807) is 18.5 Å². The summed E-state index contributed by atoms with van der Waals surface area (Å²) in [6, 6.07) is 1.60. The van der Waals surface area contributed by atoms with Gasteiger partial charge in [0.2, 0.25) is 0 Å². The van der Waals surface area contributed by atoms with Crippen LogP contribution in [0.1, 0.15) is 27.0 Å². The number of ketones is 1. The van der Waals surface area contributed by atoms with Gasteiger partial charge in [0.05, 0.1) is 10.4 Å². The fourth-order valence-electron chi connectivity index (χ4n) is 0.784. The lowest BCUT2D eigenvalue weighted by atomic mass is 10.2. The van der Waals surface area contributed by atoms with Crippen LogP contribution in [-0.4, -0.2) is 18.7 Å². The number of thiophene rings is 1. The Balaban J connectivity index is 2.91. The summed E-state index contributed by atoms with van der Waals surface area (Å²) in [5.74, 6) is -0.158. The molecular weight excluding hydrogens is 174 g/mol. The average molecular weight is 183 g/mol. The number of Topliss-reactive ketones (excluding diaryl/α,β-unsaturated/α-hetero) is 1. The van der Waals surface area contributed by atoms with Gasteiger partial charge in [-0.05, 0) is 13.0 Å². The van der Waals surface area contributed by atoms with Gasteiger partial charge in [-0.3, -0.25) is 9.59 Å². The summed E-state index contributed by atoms with van der Waals surface area (Å²) >= 11 is 1.29. The van der Waals surface area contributed by atoms with E-state index in [0.29, 0.717) is 10.4 Å². The van der Waals surface area contributed by atoms with Crippen LogP contribution in [0.15, 0.2) is 11.4 Å². The van der Waals surface area contributed by atoms with E-state index in [1.807, 2.05) is 0 Å². The lowest BCUT2D eigenvalue weighted by Crippen LogP contribution is -2.16. The van der Waals surface area contributed by atoms with Gasteiger partial charge < -0.3 is 5.32 Å². The molecule has 12 heavy (non-hydrogen) atoms. The molecule has 0 aliphatic rings. The first-order valence-corrected chi connectivity index (χ1v) is 4.34. The van der Waals surface area contributed by atoms with Gasteiger partial charge >= 0.3 is 0 Å². The molecule has 0 spiro atoms. The van der Waals surface area contributed by atoms with Crippen molar-refractivity contribution in [3.05, 3.63) is 21.9 Å². The highest BCUT2D eigenvalue weighted by molar-refractivity contribution is 7.12. The summed E-state index contributed by atoms with van der Waals surface area (Å²) in [7, 11) is 1.56. The second-order valence-electron chi connectivity index (χ2n) is 2.33. The zero-order valence-electron chi connectivity index (χ0n) is 6.88. The van der Waals surface area contributed by atoms with Crippen molar-refractivity contribution in [2.24, 2.45) is 0 Å². The first-order chi connectivity index (χ1) is 5.65. The molecule has 4 heteroatoms. The highest BCUT2D eigenvalue weighted by Crippen LogP contribution is 2.14. The smallest absolute Gasteiger partial charge is 0.251 e. The Labute approximate surface area is 74.4 Å². The van der Waals surface area contributed by atoms with Crippen LogP contribution in [0.3, 0.4) is 0 Å². The molecule has 0 bridgehead atoms. The SMILES string of the molecule is CNC(=O)c1csc(C(C)=O)c1. The summed E-state index contributed by atoms with van der Waals surface area (Å²) in [6.07, 6.45) is 0. The highest BCUT2D eigenvalue weighted by atomic mass is 32.1. The Bertz CT molecular complexity index is 317. The predicted molar refractivity (Wildman–Crippen MR) is 47.7 cm³/mol. The van der Waals surface area contributed by atoms with Gasteiger partial charge in [-0.2, -0.15) is 0 Å². The van der Waals surface area contributed by atoms with Crippen LogP contribution < -0.4 is 5.32 Å². The third kappa shape index (κ3) is 1.71. The van der Waals surface area contributed by atoms with Crippen LogP contribution >= 0.6 is 11.3 Å². The van der Waals surface area contributed by atoms with Crippen molar-refractivity contribution in [1.29, 1.82) is 0 Å². The van der Waals surface area contributed by atoms with Crippen LogP contribution in [-0.2, 0) is 0 Å². The first kappa shape index (κ1) is 8.93. The quantitative estimate of drug-likeness (QED) is 0.703. The number of hydrogen-bond acceptors (Lipinski definition) is 3. The summed E-state index contributed by atoms with van der Waals surface area (Å²) < 4.78 is 0. The van der Waals surface area contributed by atoms with Crippen molar-refractivity contribution < 1.29 is 9.59 Å². The van der Waals surface area contributed by atoms with Gasteiger partial charge in [0.15, 0.2) is 5.78 Å². The van der Waals surface area contributed by atoms with E-state index >= 15 is 0 Å². The molecule has 1 heterocycles. The van der Waals surface area contributed by atoms with Gasteiger partial charge in [0.1, 0.15) is 0 Å². The molecule has 0 saturated carbocycles. The summed E-state index contributed by atoms with van der Waals surface area (Å²) in [4.78, 5) is 22.5. The zero-order valence-corrected chi connectivity index (χ0v) is 7.70. The third-order valence-electron chi connectivity index (χ3n) is 1.44. The number of nitrogens with one attached hydrogen (secondary N) is 1. The molecule has 0 radical (unpaired) electrons. The summed E-state index contributed by atoms with van der Waals surface area (Å²) in [6.45, 7) is 1.49. The zero-order chi connectivity index (χ0) is 9.14. The van der Waals surface area contributed by atoms with Crippen molar-refractivity contribution >= 4 is 23.0 Å². The number of hydrogen-bond donors (Lipinski definition) is 1. The normalized spacial score (nSPS) is 9.50. The van der Waals surface area contributed by atoms with Gasteiger partial charge in [0, 0.05) is 12.4 Å². The maximum absolute atomic E-state index is 11.0. The van der Waals surface area contributed by atoms with E-state index in [4.69, 9.17) is 0 Å². The van der Waals surface area contributed by atoms with Crippen LogP contribution in [0.2, 0.25) is 0 Å². The molecule has 3 nitrogen and oxygen atoms in total. The average Bonchev–Trinajstić information content (AvgIpc) is 2.51. The Morgan fingerprint density at radius 1 is 1.50 bits per heavy atom. The first-order valence-electron chi connectivity index (χ1n) is 3.46. The molecule has 1 aromatic rings. The minimum Gasteiger partial charge on any atom is -0.355 e. The van der Waals surface area contributed by atoms with Crippen molar-refractivity contribution in [2.75, 3.05) is 7.05 Å². The minimum atomic E-state index is -0.154. The fraction of sp³-hybridized carbons (Fsp3) is 0.250. The molecule has 0 unspecified atom stereocenters. The molecule has 1 rings (SSSR count). The van der Waals surface area contributed by atoms with E-state index in [2.05, 4.69) is 5.32 Å². The highest BCUT2D eigenvalue weighted by Gasteiger charge is 2.08. The van der Waals surface area contributed by atoms with Crippen molar-refractivity contribution in [2.45, 2.75) is 6.92 Å². The Morgan fingerprint density at radius 2 is 2.17 bits per heavy atom. The third-order valence-corrected chi connectivity index (χ3v) is 2.47. The fourth-order valence-corrected chi connectivity index (χ4v) is 1.57. The predicted octanol–water partition coefficient (Wildman–Crippen LogP) is 1.31. The molecular formula is C8H9NO2S. The minimum absolute atomic E-state index is 0.00449. The molecule has 0 fully saturated rings. The van der Waals surface area contributed by atoms with Crippen LogP contribution in [0.5, 0.6) is 0 Å². The summed E-state index contributed by atoms with van der Waals surface area (Å²) in [5, 5.41) is 4.17. The number of carbonyl (C=O) groups is 2. The van der Waals surface area contributed by atoms with Gasteiger partial charge in [-0.25, -0.2) is 0 Å². The molecule has 1 N–H and O–H groups in total. The number of carbonyl (C=O) groups excluding carboxylic acids is 2. The lowest BCUT2D eigenvalue weighted by Gasteiger charge is -1.91. The maximum Gasteiger partial charge on any atom is 0.251 e. The lowest BCUT2D eigenvalue weighted by molar-refractivity contribution is 0.0963. The van der Waals surface area contributed by atoms with Gasteiger partial charge in [0.25, 0.3) is 5.91 Å². The molecule has 0 aromatic carbocycles. The molecule has 64 valence electrons. The molecule has 0 atom stereocenters. The molecule has 1 aromatic heterocycles. The van der Waals surface area contributed by atoms with Crippen LogP contribution in [0, 0.1) is 0 Å². The largest absolute Gasteiger partial charge is 0.355 e. The molecule has 0 aliphatic heterocycles. The summed E-state index contributed by atoms with van der Waals surface area (Å²) in [5.41, 5.74) is 0.549. The van der Waals surface area contributed by atoms with E-state index in [0.717, 1.165) is 0 Å². The van der Waals surface area contributed by atoms with Crippen molar-refractivity contribution in [3.63, 3.8) is 0 Å². The Kier molecular flexibility index (Phi) is 2.60. The molecule has 0 saturated heterocycles.